The van der Waals surface area contributed by atoms with Crippen molar-refractivity contribution in [2.24, 2.45) is 0 Å². The van der Waals surface area contributed by atoms with E-state index < -0.39 is 11.4 Å². The zero-order valence-corrected chi connectivity index (χ0v) is 19.4. The average Bonchev–Trinajstić information content (AvgIpc) is 2.82. The van der Waals surface area contributed by atoms with Crippen LogP contribution in [0.4, 0.5) is 10.2 Å². The molecular weight excluding hydrogens is 433 g/mol. The summed E-state index contributed by atoms with van der Waals surface area (Å²) in [5, 5.41) is 0. The van der Waals surface area contributed by atoms with E-state index in [2.05, 4.69) is 26.8 Å². The number of aryl methyl sites for hydroxylation is 1. The molecule has 0 bridgehead atoms. The molecule has 174 valence electrons. The van der Waals surface area contributed by atoms with Crippen molar-refractivity contribution >= 4 is 11.7 Å². The van der Waals surface area contributed by atoms with Gasteiger partial charge in [0, 0.05) is 30.4 Å². The van der Waals surface area contributed by atoms with Crippen LogP contribution in [0.5, 0.6) is 0 Å². The van der Waals surface area contributed by atoms with Gasteiger partial charge in [-0.2, -0.15) is 0 Å². The highest BCUT2D eigenvalue weighted by Gasteiger charge is 2.31. The van der Waals surface area contributed by atoms with E-state index in [1.165, 1.54) is 18.5 Å². The smallest absolute Gasteiger partial charge is 0.257 e. The molecular formula is C26H26FN5O2. The summed E-state index contributed by atoms with van der Waals surface area (Å²) in [5.74, 6) is 5.62. The molecule has 0 spiro atoms. The van der Waals surface area contributed by atoms with Crippen LogP contribution in [0, 0.1) is 17.7 Å². The number of ether oxygens (including phenoxy) is 1. The second kappa shape index (κ2) is 9.57. The fourth-order valence-corrected chi connectivity index (χ4v) is 3.85. The molecule has 34 heavy (non-hydrogen) atoms. The normalized spacial score (nSPS) is 14.9. The van der Waals surface area contributed by atoms with Crippen LogP contribution in [0.15, 0.2) is 42.9 Å². The molecule has 4 rings (SSSR count). The Bertz CT molecular complexity index is 1280. The second-order valence-corrected chi connectivity index (χ2v) is 8.65. The predicted molar refractivity (Wildman–Crippen MR) is 127 cm³/mol. The van der Waals surface area contributed by atoms with Gasteiger partial charge in [-0.15, -0.1) is 0 Å². The van der Waals surface area contributed by atoms with Crippen molar-refractivity contribution < 1.29 is 13.9 Å². The van der Waals surface area contributed by atoms with Crippen LogP contribution >= 0.6 is 0 Å². The summed E-state index contributed by atoms with van der Waals surface area (Å²) in [5.41, 5.74) is 8.27. The minimum Gasteiger partial charge on any atom is -0.384 e. The quantitative estimate of drug-likeness (QED) is 0.603. The standard InChI is InChI=1S/C26H26FN5O2/c1-4-22-20(8-5-17-6-10-23(28)29-14-17)24(31-16-30-22)18-7-9-19(21(27)13-18)25(33)32-11-12-34-26(2,3)15-32/h6-7,9-10,13-14,16H,4,11-12,15H2,1-3H3,(H2,28,29). The molecule has 3 aromatic rings. The zero-order chi connectivity index (χ0) is 24.3. The molecule has 1 amide bonds. The van der Waals surface area contributed by atoms with Gasteiger partial charge in [-0.3, -0.25) is 4.79 Å². The van der Waals surface area contributed by atoms with Crippen LogP contribution in [0.2, 0.25) is 0 Å². The van der Waals surface area contributed by atoms with Crippen LogP contribution in [-0.2, 0) is 11.2 Å². The third kappa shape index (κ3) is 5.05. The van der Waals surface area contributed by atoms with Crippen molar-refractivity contribution in [3.05, 3.63) is 71.1 Å². The van der Waals surface area contributed by atoms with Crippen LogP contribution in [0.25, 0.3) is 11.3 Å². The monoisotopic (exact) mass is 459 g/mol. The highest BCUT2D eigenvalue weighted by molar-refractivity contribution is 5.95. The summed E-state index contributed by atoms with van der Waals surface area (Å²) in [6.07, 6.45) is 3.66. The second-order valence-electron chi connectivity index (χ2n) is 8.65. The minimum absolute atomic E-state index is 0.0202. The summed E-state index contributed by atoms with van der Waals surface area (Å²) in [4.78, 5) is 27.4. The van der Waals surface area contributed by atoms with Gasteiger partial charge >= 0.3 is 0 Å². The SMILES string of the molecule is CCc1ncnc(-c2ccc(C(=O)N3CCOC(C)(C)C3)c(F)c2)c1C#Cc1ccc(N)nc1. The number of amides is 1. The van der Waals surface area contributed by atoms with Gasteiger partial charge < -0.3 is 15.4 Å². The molecule has 1 aliphatic heterocycles. The predicted octanol–water partition coefficient (Wildman–Crippen LogP) is 3.47. The third-order valence-electron chi connectivity index (χ3n) is 5.56. The van der Waals surface area contributed by atoms with Crippen molar-refractivity contribution in [1.29, 1.82) is 0 Å². The number of pyridine rings is 1. The molecule has 0 saturated carbocycles. The van der Waals surface area contributed by atoms with Gasteiger partial charge in [-0.1, -0.05) is 24.8 Å². The number of halogens is 1. The molecule has 1 saturated heterocycles. The van der Waals surface area contributed by atoms with Crippen LogP contribution in [-0.4, -0.2) is 51.1 Å². The van der Waals surface area contributed by atoms with E-state index >= 15 is 4.39 Å². The molecule has 0 unspecified atom stereocenters. The van der Waals surface area contributed by atoms with Crippen LogP contribution < -0.4 is 5.73 Å². The van der Waals surface area contributed by atoms with Crippen LogP contribution in [0.3, 0.4) is 0 Å². The van der Waals surface area contributed by atoms with E-state index in [9.17, 15) is 4.79 Å². The molecule has 0 aliphatic carbocycles. The number of carbonyl (C=O) groups excluding carboxylic acids is 1. The van der Waals surface area contributed by atoms with Gasteiger partial charge in [-0.05, 0) is 44.5 Å². The van der Waals surface area contributed by atoms with Gasteiger partial charge in [0.15, 0.2) is 0 Å². The summed E-state index contributed by atoms with van der Waals surface area (Å²) >= 11 is 0. The summed E-state index contributed by atoms with van der Waals surface area (Å²) in [6, 6.07) is 7.98. The van der Waals surface area contributed by atoms with E-state index in [0.29, 0.717) is 54.3 Å². The lowest BCUT2D eigenvalue weighted by Gasteiger charge is -2.38. The van der Waals surface area contributed by atoms with Crippen molar-refractivity contribution in [2.75, 3.05) is 25.4 Å². The number of nitrogen functional groups attached to an aromatic ring is 1. The van der Waals surface area contributed by atoms with Crippen molar-refractivity contribution in [2.45, 2.75) is 32.8 Å². The van der Waals surface area contributed by atoms with Crippen LogP contribution in [0.1, 0.15) is 48.0 Å². The Balaban J connectivity index is 1.68. The summed E-state index contributed by atoms with van der Waals surface area (Å²) in [6.45, 7) is 7.04. The van der Waals surface area contributed by atoms with E-state index in [-0.39, 0.29) is 11.5 Å². The lowest BCUT2D eigenvalue weighted by Crippen LogP contribution is -2.50. The Hall–Kier alpha value is -3.83. The summed E-state index contributed by atoms with van der Waals surface area (Å²) in [7, 11) is 0. The average molecular weight is 460 g/mol. The number of anilines is 1. The Morgan fingerprint density at radius 2 is 2.03 bits per heavy atom. The lowest BCUT2D eigenvalue weighted by molar-refractivity contribution is -0.0764. The van der Waals surface area contributed by atoms with E-state index in [1.54, 1.807) is 29.3 Å². The van der Waals surface area contributed by atoms with Gasteiger partial charge in [0.05, 0.1) is 34.7 Å². The molecule has 3 heterocycles. The first kappa shape index (κ1) is 23.3. The molecule has 2 N–H and O–H groups in total. The lowest BCUT2D eigenvalue weighted by atomic mass is 10.0. The Morgan fingerprint density at radius 1 is 1.21 bits per heavy atom. The highest BCUT2D eigenvalue weighted by Crippen LogP contribution is 2.26. The number of aromatic nitrogens is 3. The maximum Gasteiger partial charge on any atom is 0.257 e. The van der Waals surface area contributed by atoms with Crippen molar-refractivity contribution in [3.8, 4) is 23.1 Å². The summed E-state index contributed by atoms with van der Waals surface area (Å²) < 4.78 is 20.8. The molecule has 1 fully saturated rings. The number of hydrogen-bond acceptors (Lipinski definition) is 6. The minimum atomic E-state index is -0.606. The first-order valence-corrected chi connectivity index (χ1v) is 11.1. The van der Waals surface area contributed by atoms with E-state index in [0.717, 1.165) is 5.69 Å². The van der Waals surface area contributed by atoms with Crippen molar-refractivity contribution in [1.82, 2.24) is 19.9 Å². The Kier molecular flexibility index (Phi) is 6.57. The largest absolute Gasteiger partial charge is 0.384 e. The molecule has 1 aromatic carbocycles. The molecule has 0 atom stereocenters. The number of morpholine rings is 1. The molecule has 0 radical (unpaired) electrons. The number of benzene rings is 1. The van der Waals surface area contributed by atoms with Gasteiger partial charge in [-0.25, -0.2) is 19.3 Å². The number of hydrogen-bond donors (Lipinski definition) is 1. The Morgan fingerprint density at radius 3 is 2.71 bits per heavy atom. The highest BCUT2D eigenvalue weighted by atomic mass is 19.1. The van der Waals surface area contributed by atoms with Gasteiger partial charge in [0.25, 0.3) is 5.91 Å². The topological polar surface area (TPSA) is 94.2 Å². The van der Waals surface area contributed by atoms with Gasteiger partial charge in [0.1, 0.15) is 18.0 Å². The molecule has 1 aliphatic rings. The Labute approximate surface area is 198 Å². The number of carbonyl (C=O) groups is 1. The van der Waals surface area contributed by atoms with E-state index in [1.807, 2.05) is 20.8 Å². The molecule has 2 aromatic heterocycles. The van der Waals surface area contributed by atoms with Gasteiger partial charge in [0.2, 0.25) is 0 Å². The maximum absolute atomic E-state index is 15.2. The zero-order valence-electron chi connectivity index (χ0n) is 19.4. The molecule has 7 nitrogen and oxygen atoms in total. The maximum atomic E-state index is 15.2. The fraction of sp³-hybridized carbons (Fsp3) is 0.308. The van der Waals surface area contributed by atoms with E-state index in [4.69, 9.17) is 10.5 Å². The molecule has 8 heteroatoms. The number of rotatable bonds is 3. The third-order valence-corrected chi connectivity index (χ3v) is 5.56. The first-order chi connectivity index (χ1) is 16.3. The van der Waals surface area contributed by atoms with Crippen molar-refractivity contribution in [3.63, 3.8) is 0 Å². The number of nitrogens with zero attached hydrogens (tertiary/aromatic N) is 4. The first-order valence-electron chi connectivity index (χ1n) is 11.1. The number of nitrogens with two attached hydrogens (primary N) is 1. The fourth-order valence-electron chi connectivity index (χ4n) is 3.85.